The molecule has 29 heavy (non-hydrogen) atoms. The summed E-state index contributed by atoms with van der Waals surface area (Å²) in [7, 11) is 0. The molecule has 0 radical (unpaired) electrons. The van der Waals surface area contributed by atoms with Crippen LogP contribution in [0.3, 0.4) is 0 Å². The molecule has 3 rings (SSSR count). The quantitative estimate of drug-likeness (QED) is 0.423. The van der Waals surface area contributed by atoms with Gasteiger partial charge in [0, 0.05) is 18.1 Å². The Kier molecular flexibility index (Phi) is 6.85. The molecule has 2 aromatic carbocycles. The number of hydrogen-bond donors (Lipinski definition) is 1. The lowest BCUT2D eigenvalue weighted by atomic mass is 10.1. The first-order chi connectivity index (χ1) is 14.0. The molecule has 1 aromatic heterocycles. The zero-order valence-electron chi connectivity index (χ0n) is 15.8. The smallest absolute Gasteiger partial charge is 0.273 e. The number of rotatable bonds is 9. The van der Waals surface area contributed by atoms with Crippen molar-refractivity contribution < 1.29 is 14.5 Å². The molecule has 1 amide bonds. The fourth-order valence-corrected chi connectivity index (χ4v) is 3.39. The standard InChI is InChI=1S/C20H20N4O4S/c1-2-14-7-9-16(10-8-14)28-12-11-19-22-23-20(29-19)21-18(25)13-15-5-3-4-6-17(15)24(26)27/h3-10H,2,11-13H2,1H3,(H,21,23,25). The highest BCUT2D eigenvalue weighted by atomic mass is 32.1. The van der Waals surface area contributed by atoms with Gasteiger partial charge in [-0.05, 0) is 24.1 Å². The maximum Gasteiger partial charge on any atom is 0.273 e. The zero-order valence-corrected chi connectivity index (χ0v) is 16.6. The van der Waals surface area contributed by atoms with Crippen molar-refractivity contribution in [2.45, 2.75) is 26.2 Å². The Morgan fingerprint density at radius 1 is 1.17 bits per heavy atom. The third-order valence-corrected chi connectivity index (χ3v) is 5.07. The summed E-state index contributed by atoms with van der Waals surface area (Å²) in [6, 6.07) is 14.1. The van der Waals surface area contributed by atoms with Crippen LogP contribution in [0.5, 0.6) is 5.75 Å². The Morgan fingerprint density at radius 2 is 1.93 bits per heavy atom. The maximum absolute atomic E-state index is 12.2. The molecule has 1 N–H and O–H groups in total. The van der Waals surface area contributed by atoms with Crippen LogP contribution in [0.25, 0.3) is 0 Å². The van der Waals surface area contributed by atoms with Crippen LogP contribution in [0.2, 0.25) is 0 Å². The predicted octanol–water partition coefficient (Wildman–Crippen LogP) is 3.81. The van der Waals surface area contributed by atoms with E-state index in [9.17, 15) is 14.9 Å². The molecule has 1 heterocycles. The summed E-state index contributed by atoms with van der Waals surface area (Å²) in [6.45, 7) is 2.55. The van der Waals surface area contributed by atoms with Crippen LogP contribution in [0.4, 0.5) is 10.8 Å². The van der Waals surface area contributed by atoms with Crippen molar-refractivity contribution in [2.75, 3.05) is 11.9 Å². The van der Waals surface area contributed by atoms with Gasteiger partial charge in [0.05, 0.1) is 18.0 Å². The van der Waals surface area contributed by atoms with Gasteiger partial charge in [0.25, 0.3) is 5.69 Å². The van der Waals surface area contributed by atoms with Gasteiger partial charge in [-0.1, -0.05) is 48.6 Å². The number of carbonyl (C=O) groups is 1. The minimum Gasteiger partial charge on any atom is -0.493 e. The Hall–Kier alpha value is -3.33. The second kappa shape index (κ2) is 9.74. The van der Waals surface area contributed by atoms with Crippen molar-refractivity contribution in [3.8, 4) is 5.75 Å². The molecule has 0 aliphatic heterocycles. The number of nitro benzene ring substituents is 1. The summed E-state index contributed by atoms with van der Waals surface area (Å²) in [5.41, 5.74) is 1.52. The summed E-state index contributed by atoms with van der Waals surface area (Å²) >= 11 is 1.26. The van der Waals surface area contributed by atoms with E-state index in [1.807, 2.05) is 24.3 Å². The van der Waals surface area contributed by atoms with Crippen molar-refractivity contribution >= 4 is 28.1 Å². The highest BCUT2D eigenvalue weighted by Gasteiger charge is 2.16. The van der Waals surface area contributed by atoms with E-state index < -0.39 is 4.92 Å². The SMILES string of the molecule is CCc1ccc(OCCc2nnc(NC(=O)Cc3ccccc3[N+](=O)[O-])s2)cc1. The molecule has 0 spiro atoms. The van der Waals surface area contributed by atoms with Gasteiger partial charge >= 0.3 is 0 Å². The van der Waals surface area contributed by atoms with Crippen LogP contribution in [0.15, 0.2) is 48.5 Å². The van der Waals surface area contributed by atoms with Crippen molar-refractivity contribution in [1.82, 2.24) is 10.2 Å². The summed E-state index contributed by atoms with van der Waals surface area (Å²) < 4.78 is 5.70. The van der Waals surface area contributed by atoms with E-state index in [2.05, 4.69) is 22.4 Å². The first kappa shape index (κ1) is 20.4. The van der Waals surface area contributed by atoms with E-state index in [1.54, 1.807) is 18.2 Å². The van der Waals surface area contributed by atoms with Crippen molar-refractivity contribution in [3.63, 3.8) is 0 Å². The summed E-state index contributed by atoms with van der Waals surface area (Å²) in [5, 5.41) is 22.8. The molecule has 0 saturated heterocycles. The van der Waals surface area contributed by atoms with Gasteiger partial charge in [-0.3, -0.25) is 14.9 Å². The third-order valence-electron chi connectivity index (χ3n) is 4.17. The monoisotopic (exact) mass is 412 g/mol. The Morgan fingerprint density at radius 3 is 2.66 bits per heavy atom. The van der Waals surface area contributed by atoms with Crippen molar-refractivity contribution in [2.24, 2.45) is 0 Å². The average molecular weight is 412 g/mol. The van der Waals surface area contributed by atoms with Gasteiger partial charge in [0.1, 0.15) is 10.8 Å². The molecular weight excluding hydrogens is 392 g/mol. The molecule has 3 aromatic rings. The second-order valence-electron chi connectivity index (χ2n) is 6.21. The summed E-state index contributed by atoms with van der Waals surface area (Å²) in [6.07, 6.45) is 1.44. The van der Waals surface area contributed by atoms with Gasteiger partial charge in [-0.2, -0.15) is 0 Å². The number of nitro groups is 1. The van der Waals surface area contributed by atoms with E-state index in [0.29, 0.717) is 23.7 Å². The third kappa shape index (κ3) is 5.82. The number of anilines is 1. The molecule has 0 fully saturated rings. The Labute approximate surface area is 171 Å². The number of aryl methyl sites for hydroxylation is 1. The van der Waals surface area contributed by atoms with Crippen LogP contribution >= 0.6 is 11.3 Å². The lowest BCUT2D eigenvalue weighted by Gasteiger charge is -2.05. The van der Waals surface area contributed by atoms with Crippen LogP contribution in [-0.2, 0) is 24.1 Å². The Bertz CT molecular complexity index is 988. The number of carbonyl (C=O) groups excluding carboxylic acids is 1. The first-order valence-electron chi connectivity index (χ1n) is 9.11. The molecule has 0 atom stereocenters. The highest BCUT2D eigenvalue weighted by molar-refractivity contribution is 7.15. The molecule has 9 heteroatoms. The number of aromatic nitrogens is 2. The van der Waals surface area contributed by atoms with Crippen LogP contribution in [0.1, 0.15) is 23.1 Å². The maximum atomic E-state index is 12.2. The number of nitrogens with zero attached hydrogens (tertiary/aromatic N) is 3. The average Bonchev–Trinajstić information content (AvgIpc) is 3.15. The van der Waals surface area contributed by atoms with E-state index in [1.165, 1.54) is 23.0 Å². The second-order valence-corrected chi connectivity index (χ2v) is 7.27. The fourth-order valence-electron chi connectivity index (χ4n) is 2.66. The molecule has 0 unspecified atom stereocenters. The van der Waals surface area contributed by atoms with E-state index in [-0.39, 0.29) is 18.0 Å². The minimum atomic E-state index is -0.499. The molecule has 150 valence electrons. The summed E-state index contributed by atoms with van der Waals surface area (Å²) in [4.78, 5) is 22.7. The number of ether oxygens (including phenoxy) is 1. The largest absolute Gasteiger partial charge is 0.493 e. The van der Waals surface area contributed by atoms with E-state index >= 15 is 0 Å². The lowest BCUT2D eigenvalue weighted by molar-refractivity contribution is -0.385. The van der Waals surface area contributed by atoms with Gasteiger partial charge in [-0.25, -0.2) is 0 Å². The molecule has 0 saturated carbocycles. The summed E-state index contributed by atoms with van der Waals surface area (Å²) in [5.74, 6) is 0.416. The van der Waals surface area contributed by atoms with Crippen LogP contribution in [0, 0.1) is 10.1 Å². The highest BCUT2D eigenvalue weighted by Crippen LogP contribution is 2.20. The van der Waals surface area contributed by atoms with Crippen LogP contribution < -0.4 is 10.1 Å². The molecule has 0 aliphatic carbocycles. The normalized spacial score (nSPS) is 10.5. The zero-order chi connectivity index (χ0) is 20.6. The lowest BCUT2D eigenvalue weighted by Crippen LogP contribution is -2.15. The number of para-hydroxylation sites is 1. The molecular formula is C20H20N4O4S. The van der Waals surface area contributed by atoms with Gasteiger partial charge in [0.15, 0.2) is 0 Å². The predicted molar refractivity (Wildman–Crippen MR) is 110 cm³/mol. The Balaban J connectivity index is 1.49. The molecule has 8 nitrogen and oxygen atoms in total. The van der Waals surface area contributed by atoms with Crippen LogP contribution in [-0.4, -0.2) is 27.6 Å². The van der Waals surface area contributed by atoms with Crippen molar-refractivity contribution in [1.29, 1.82) is 0 Å². The number of hydrogen-bond acceptors (Lipinski definition) is 7. The van der Waals surface area contributed by atoms with E-state index in [4.69, 9.17) is 4.74 Å². The minimum absolute atomic E-state index is 0.0790. The van der Waals surface area contributed by atoms with Gasteiger partial charge in [-0.15, -0.1) is 10.2 Å². The molecule has 0 aliphatic rings. The number of benzene rings is 2. The van der Waals surface area contributed by atoms with Gasteiger partial charge in [0.2, 0.25) is 11.0 Å². The molecule has 0 bridgehead atoms. The van der Waals surface area contributed by atoms with E-state index in [0.717, 1.165) is 17.2 Å². The fraction of sp³-hybridized carbons (Fsp3) is 0.250. The number of amides is 1. The first-order valence-corrected chi connectivity index (χ1v) is 9.93. The van der Waals surface area contributed by atoms with Gasteiger partial charge < -0.3 is 10.1 Å². The van der Waals surface area contributed by atoms with Crippen molar-refractivity contribution in [3.05, 3.63) is 74.8 Å². The number of nitrogens with one attached hydrogen (secondary N) is 1. The topological polar surface area (TPSA) is 107 Å².